The topological polar surface area (TPSA) is 91.2 Å². The van der Waals surface area contributed by atoms with E-state index < -0.39 is 0 Å². The van der Waals surface area contributed by atoms with Gasteiger partial charge in [-0.05, 0) is 51.1 Å². The molecule has 1 heterocycles. The lowest BCUT2D eigenvalue weighted by molar-refractivity contribution is -0.123. The van der Waals surface area contributed by atoms with Gasteiger partial charge in [-0.3, -0.25) is 4.79 Å². The van der Waals surface area contributed by atoms with Gasteiger partial charge in [-0.25, -0.2) is 0 Å². The third-order valence-corrected chi connectivity index (χ3v) is 2.97. The van der Waals surface area contributed by atoms with Crippen LogP contribution in [0.2, 0.25) is 0 Å². The number of hydrogen-bond acceptors (Lipinski definition) is 6. The first kappa shape index (κ1) is 17.7. The minimum atomic E-state index is -0.303. The van der Waals surface area contributed by atoms with Crippen molar-refractivity contribution in [2.75, 3.05) is 13.7 Å². The summed E-state index contributed by atoms with van der Waals surface area (Å²) in [5, 5.41) is 15.0. The van der Waals surface area contributed by atoms with E-state index in [4.69, 9.17) is 9.47 Å². The molecule has 0 saturated carbocycles. The number of aromatic nitrogens is 4. The second-order valence-electron chi connectivity index (χ2n) is 6.24. The lowest BCUT2D eigenvalue weighted by atomic mass is 10.1. The molecule has 1 aromatic carbocycles. The van der Waals surface area contributed by atoms with Gasteiger partial charge in [-0.1, -0.05) is 0 Å². The fraction of sp³-hybridized carbons (Fsp3) is 0.500. The van der Waals surface area contributed by atoms with Gasteiger partial charge in [0, 0.05) is 11.1 Å². The van der Waals surface area contributed by atoms with Gasteiger partial charge in [0.2, 0.25) is 11.7 Å². The average molecular weight is 333 g/mol. The molecule has 2 aromatic rings. The highest BCUT2D eigenvalue weighted by Gasteiger charge is 2.16. The van der Waals surface area contributed by atoms with Crippen LogP contribution in [0.1, 0.15) is 27.7 Å². The van der Waals surface area contributed by atoms with Crippen LogP contribution in [-0.4, -0.2) is 45.4 Å². The molecule has 1 aromatic heterocycles. The van der Waals surface area contributed by atoms with Gasteiger partial charge in [0.05, 0.1) is 13.7 Å². The lowest BCUT2D eigenvalue weighted by Gasteiger charge is -2.19. The Morgan fingerprint density at radius 1 is 1.29 bits per heavy atom. The van der Waals surface area contributed by atoms with Gasteiger partial charge >= 0.3 is 0 Å². The average Bonchev–Trinajstić information content (AvgIpc) is 2.94. The Labute approximate surface area is 141 Å². The molecule has 0 aliphatic carbocycles. The Balaban J connectivity index is 2.15. The van der Waals surface area contributed by atoms with Gasteiger partial charge in [-0.2, -0.15) is 4.80 Å². The Bertz CT molecular complexity index is 706. The number of carbonyl (C=O) groups excluding carboxylic acids is 1. The summed E-state index contributed by atoms with van der Waals surface area (Å²) in [5.41, 5.74) is 0.435. The summed E-state index contributed by atoms with van der Waals surface area (Å²) in [6, 6.07) is 5.39. The van der Waals surface area contributed by atoms with E-state index in [0.29, 0.717) is 23.9 Å². The highest BCUT2D eigenvalue weighted by atomic mass is 16.5. The van der Waals surface area contributed by atoms with Gasteiger partial charge in [0.25, 0.3) is 0 Å². The van der Waals surface area contributed by atoms with Crippen LogP contribution in [0.4, 0.5) is 0 Å². The number of tetrazole rings is 1. The molecular formula is C16H23N5O3. The zero-order valence-electron chi connectivity index (χ0n) is 14.7. The van der Waals surface area contributed by atoms with Crippen LogP contribution in [0.25, 0.3) is 11.4 Å². The Morgan fingerprint density at radius 2 is 2.04 bits per heavy atom. The third-order valence-electron chi connectivity index (χ3n) is 2.97. The van der Waals surface area contributed by atoms with E-state index in [1.807, 2.05) is 33.8 Å². The number of nitrogens with zero attached hydrogens (tertiary/aromatic N) is 4. The first-order chi connectivity index (χ1) is 11.3. The van der Waals surface area contributed by atoms with Crippen molar-refractivity contribution < 1.29 is 14.3 Å². The second-order valence-corrected chi connectivity index (χ2v) is 6.24. The van der Waals surface area contributed by atoms with Crippen LogP contribution in [0.5, 0.6) is 11.5 Å². The van der Waals surface area contributed by atoms with Crippen molar-refractivity contribution in [1.82, 2.24) is 25.5 Å². The molecule has 0 aliphatic heterocycles. The third kappa shape index (κ3) is 4.68. The number of rotatable bonds is 6. The molecule has 0 unspecified atom stereocenters. The van der Waals surface area contributed by atoms with Crippen molar-refractivity contribution in [2.24, 2.45) is 0 Å². The molecule has 0 radical (unpaired) electrons. The smallest absolute Gasteiger partial charge is 0.244 e. The summed E-state index contributed by atoms with van der Waals surface area (Å²) >= 11 is 0. The van der Waals surface area contributed by atoms with E-state index >= 15 is 0 Å². The number of ether oxygens (including phenoxy) is 2. The van der Waals surface area contributed by atoms with Crippen LogP contribution in [0.3, 0.4) is 0 Å². The maximum absolute atomic E-state index is 11.9. The predicted molar refractivity (Wildman–Crippen MR) is 88.9 cm³/mol. The number of hydrogen-bond donors (Lipinski definition) is 1. The van der Waals surface area contributed by atoms with Crippen molar-refractivity contribution in [3.8, 4) is 22.9 Å². The van der Waals surface area contributed by atoms with Crippen molar-refractivity contribution >= 4 is 5.91 Å². The summed E-state index contributed by atoms with van der Waals surface area (Å²) in [4.78, 5) is 13.2. The van der Waals surface area contributed by atoms with Crippen molar-refractivity contribution in [2.45, 2.75) is 39.8 Å². The van der Waals surface area contributed by atoms with Crippen LogP contribution in [0, 0.1) is 0 Å². The lowest BCUT2D eigenvalue weighted by Crippen LogP contribution is -2.42. The number of amides is 1. The van der Waals surface area contributed by atoms with E-state index in [9.17, 15) is 4.79 Å². The molecule has 0 spiro atoms. The zero-order chi connectivity index (χ0) is 17.7. The number of benzene rings is 1. The van der Waals surface area contributed by atoms with E-state index in [1.165, 1.54) is 4.80 Å². The number of carbonyl (C=O) groups is 1. The van der Waals surface area contributed by atoms with E-state index in [-0.39, 0.29) is 18.0 Å². The van der Waals surface area contributed by atoms with Gasteiger partial charge in [-0.15, -0.1) is 10.2 Å². The fourth-order valence-electron chi connectivity index (χ4n) is 2.10. The normalized spacial score (nSPS) is 11.2. The molecule has 130 valence electrons. The van der Waals surface area contributed by atoms with Crippen LogP contribution in [-0.2, 0) is 11.3 Å². The van der Waals surface area contributed by atoms with E-state index in [0.717, 1.165) is 5.56 Å². The number of nitrogens with one attached hydrogen (secondary N) is 1. The minimum Gasteiger partial charge on any atom is -0.493 e. The van der Waals surface area contributed by atoms with E-state index in [2.05, 4.69) is 20.7 Å². The minimum absolute atomic E-state index is 0.0126. The molecule has 0 saturated heterocycles. The molecule has 8 heteroatoms. The Morgan fingerprint density at radius 3 is 2.67 bits per heavy atom. The van der Waals surface area contributed by atoms with Crippen molar-refractivity contribution in [3.05, 3.63) is 18.2 Å². The predicted octanol–water partition coefficient (Wildman–Crippen LogP) is 1.66. The summed E-state index contributed by atoms with van der Waals surface area (Å²) in [6.45, 7) is 8.17. The van der Waals surface area contributed by atoms with Crippen LogP contribution < -0.4 is 14.8 Å². The van der Waals surface area contributed by atoms with Gasteiger partial charge < -0.3 is 14.8 Å². The first-order valence-electron chi connectivity index (χ1n) is 7.72. The highest BCUT2D eigenvalue weighted by molar-refractivity contribution is 5.76. The van der Waals surface area contributed by atoms with Crippen molar-refractivity contribution in [1.29, 1.82) is 0 Å². The molecule has 1 N–H and O–H groups in total. The quantitative estimate of drug-likeness (QED) is 0.864. The molecule has 0 atom stereocenters. The molecule has 0 aliphatic rings. The van der Waals surface area contributed by atoms with Gasteiger partial charge in [0.1, 0.15) is 6.54 Å². The molecular weight excluding hydrogens is 310 g/mol. The summed E-state index contributed by atoms with van der Waals surface area (Å²) in [7, 11) is 1.58. The van der Waals surface area contributed by atoms with Gasteiger partial charge in [0.15, 0.2) is 11.5 Å². The Kier molecular flexibility index (Phi) is 5.38. The molecule has 0 fully saturated rings. The molecule has 24 heavy (non-hydrogen) atoms. The largest absolute Gasteiger partial charge is 0.493 e. The second kappa shape index (κ2) is 7.29. The monoisotopic (exact) mass is 333 g/mol. The first-order valence-corrected chi connectivity index (χ1v) is 7.72. The number of methoxy groups -OCH3 is 1. The highest BCUT2D eigenvalue weighted by Crippen LogP contribution is 2.31. The maximum atomic E-state index is 11.9. The van der Waals surface area contributed by atoms with Crippen molar-refractivity contribution in [3.63, 3.8) is 0 Å². The fourth-order valence-corrected chi connectivity index (χ4v) is 2.10. The summed E-state index contributed by atoms with van der Waals surface area (Å²) < 4.78 is 10.8. The maximum Gasteiger partial charge on any atom is 0.244 e. The van der Waals surface area contributed by atoms with E-state index in [1.54, 1.807) is 19.2 Å². The summed E-state index contributed by atoms with van der Waals surface area (Å²) in [5.74, 6) is 1.50. The SMILES string of the molecule is CCOc1cc(-c2nnn(CC(=O)NC(C)(C)C)n2)ccc1OC. The molecule has 1 amide bonds. The molecule has 8 nitrogen and oxygen atoms in total. The standard InChI is InChI=1S/C16H23N5O3/c1-6-24-13-9-11(7-8-12(13)23-5)15-18-20-21(19-15)10-14(22)17-16(2,3)4/h7-9H,6,10H2,1-5H3,(H,17,22). The summed E-state index contributed by atoms with van der Waals surface area (Å²) in [6.07, 6.45) is 0. The zero-order valence-corrected chi connectivity index (χ0v) is 14.7. The Hall–Kier alpha value is -2.64. The molecule has 0 bridgehead atoms. The van der Waals surface area contributed by atoms with Crippen LogP contribution in [0.15, 0.2) is 18.2 Å². The molecule has 2 rings (SSSR count). The van der Waals surface area contributed by atoms with Crippen LogP contribution >= 0.6 is 0 Å².